The summed E-state index contributed by atoms with van der Waals surface area (Å²) in [5.41, 5.74) is 8.62. The molecule has 108 valence electrons. The Labute approximate surface area is 122 Å². The van der Waals surface area contributed by atoms with Gasteiger partial charge in [0.1, 0.15) is 0 Å². The van der Waals surface area contributed by atoms with Gasteiger partial charge in [0.05, 0.1) is 0 Å². The molecule has 1 atom stereocenters. The minimum Gasteiger partial charge on any atom is -0.369 e. The van der Waals surface area contributed by atoms with E-state index >= 15 is 0 Å². The Balaban J connectivity index is 3.13. The van der Waals surface area contributed by atoms with E-state index in [0.717, 1.165) is 13.0 Å². The summed E-state index contributed by atoms with van der Waals surface area (Å²) >= 11 is 1.79. The summed E-state index contributed by atoms with van der Waals surface area (Å²) in [6.07, 6.45) is 5.75. The van der Waals surface area contributed by atoms with Gasteiger partial charge in [-0.2, -0.15) is 0 Å². The number of benzene rings is 1. The molecule has 0 radical (unpaired) electrons. The molecule has 0 amide bonds. The summed E-state index contributed by atoms with van der Waals surface area (Å²) in [4.78, 5) is 3.84. The summed E-state index contributed by atoms with van der Waals surface area (Å²) in [6, 6.07) is 7.12. The fraction of sp³-hybridized carbons (Fsp3) is 0.625. The van der Waals surface area contributed by atoms with Gasteiger partial charge in [0.15, 0.2) is 0 Å². The number of nitrogens with zero attached hydrogens (tertiary/aromatic N) is 1. The summed E-state index contributed by atoms with van der Waals surface area (Å²) in [6.45, 7) is 8.55. The fourth-order valence-corrected chi connectivity index (χ4v) is 3.00. The second-order valence-corrected chi connectivity index (χ2v) is 5.81. The van der Waals surface area contributed by atoms with Crippen LogP contribution >= 0.6 is 11.8 Å². The van der Waals surface area contributed by atoms with E-state index in [1.807, 2.05) is 0 Å². The zero-order valence-corrected chi connectivity index (χ0v) is 13.6. The number of nitrogens with two attached hydrogens (primary N) is 1. The molecule has 1 rings (SSSR count). The number of hydrogen-bond donors (Lipinski definition) is 1. The second kappa shape index (κ2) is 8.49. The van der Waals surface area contributed by atoms with Crippen molar-refractivity contribution in [1.82, 2.24) is 0 Å². The molecule has 1 aromatic carbocycles. The quantitative estimate of drug-likeness (QED) is 0.721. The van der Waals surface area contributed by atoms with Crippen LogP contribution in [0.4, 0.5) is 5.69 Å². The van der Waals surface area contributed by atoms with Crippen molar-refractivity contribution < 1.29 is 0 Å². The summed E-state index contributed by atoms with van der Waals surface area (Å²) < 4.78 is 0. The van der Waals surface area contributed by atoms with Crippen LogP contribution in [-0.2, 0) is 6.54 Å². The third-order valence-electron chi connectivity index (χ3n) is 3.72. The van der Waals surface area contributed by atoms with Crippen LogP contribution in [0, 0.1) is 0 Å². The van der Waals surface area contributed by atoms with Gasteiger partial charge in [-0.05, 0) is 38.2 Å². The van der Waals surface area contributed by atoms with Crippen LogP contribution in [0.25, 0.3) is 0 Å². The molecule has 0 aliphatic carbocycles. The van der Waals surface area contributed by atoms with E-state index in [1.54, 1.807) is 11.8 Å². The van der Waals surface area contributed by atoms with E-state index in [-0.39, 0.29) is 0 Å². The van der Waals surface area contributed by atoms with Crippen molar-refractivity contribution in [2.24, 2.45) is 5.73 Å². The Hall–Kier alpha value is -0.670. The first kappa shape index (κ1) is 16.4. The lowest BCUT2D eigenvalue weighted by molar-refractivity contribution is 0.593. The van der Waals surface area contributed by atoms with Gasteiger partial charge in [0.25, 0.3) is 0 Å². The van der Waals surface area contributed by atoms with Gasteiger partial charge in [0.2, 0.25) is 0 Å². The average Bonchev–Trinajstić information content (AvgIpc) is 2.46. The Kier molecular flexibility index (Phi) is 7.32. The molecule has 0 aromatic heterocycles. The lowest BCUT2D eigenvalue weighted by Crippen LogP contribution is -2.34. The van der Waals surface area contributed by atoms with Crippen LogP contribution in [0.2, 0.25) is 0 Å². The van der Waals surface area contributed by atoms with Crippen molar-refractivity contribution in [2.75, 3.05) is 17.7 Å². The molecule has 0 heterocycles. The standard InChI is InChI=1S/C16H28N2S/c1-5-7-11-18(13(3)6-2)15-9-8-10-16(19-4)14(15)12-17/h8-10,13H,5-7,11-12,17H2,1-4H3. The first-order valence-corrected chi connectivity index (χ1v) is 8.54. The molecular formula is C16H28N2S. The molecule has 1 unspecified atom stereocenters. The smallest absolute Gasteiger partial charge is 0.0425 e. The van der Waals surface area contributed by atoms with Crippen molar-refractivity contribution in [1.29, 1.82) is 0 Å². The van der Waals surface area contributed by atoms with Crippen LogP contribution in [0.3, 0.4) is 0 Å². The molecule has 0 saturated heterocycles. The Morgan fingerprint density at radius 3 is 2.58 bits per heavy atom. The topological polar surface area (TPSA) is 29.3 Å². The first-order valence-electron chi connectivity index (χ1n) is 7.32. The second-order valence-electron chi connectivity index (χ2n) is 4.97. The summed E-state index contributed by atoms with van der Waals surface area (Å²) in [5, 5.41) is 0. The molecule has 3 heteroatoms. The number of anilines is 1. The SMILES string of the molecule is CCCCN(c1cccc(SC)c1CN)C(C)CC. The van der Waals surface area contributed by atoms with E-state index in [1.165, 1.54) is 29.0 Å². The maximum atomic E-state index is 6.00. The van der Waals surface area contributed by atoms with Crippen molar-refractivity contribution in [3.8, 4) is 0 Å². The van der Waals surface area contributed by atoms with Gasteiger partial charge >= 0.3 is 0 Å². The van der Waals surface area contributed by atoms with Gasteiger partial charge in [-0.15, -0.1) is 11.8 Å². The first-order chi connectivity index (χ1) is 9.19. The molecule has 0 fully saturated rings. The lowest BCUT2D eigenvalue weighted by atomic mass is 10.1. The number of rotatable bonds is 8. The fourth-order valence-electron chi connectivity index (χ4n) is 2.35. The highest BCUT2D eigenvalue weighted by Crippen LogP contribution is 2.31. The van der Waals surface area contributed by atoms with Crippen molar-refractivity contribution in [3.63, 3.8) is 0 Å². The van der Waals surface area contributed by atoms with Crippen molar-refractivity contribution in [3.05, 3.63) is 23.8 Å². The molecule has 19 heavy (non-hydrogen) atoms. The highest BCUT2D eigenvalue weighted by molar-refractivity contribution is 7.98. The zero-order chi connectivity index (χ0) is 14.3. The molecular weight excluding hydrogens is 252 g/mol. The minimum absolute atomic E-state index is 0.564. The monoisotopic (exact) mass is 280 g/mol. The lowest BCUT2D eigenvalue weighted by Gasteiger charge is -2.33. The maximum Gasteiger partial charge on any atom is 0.0425 e. The Bertz CT molecular complexity index is 379. The minimum atomic E-state index is 0.564. The van der Waals surface area contributed by atoms with Crippen LogP contribution in [-0.4, -0.2) is 18.8 Å². The van der Waals surface area contributed by atoms with E-state index in [4.69, 9.17) is 5.73 Å². The highest BCUT2D eigenvalue weighted by Gasteiger charge is 2.17. The molecule has 2 nitrogen and oxygen atoms in total. The van der Waals surface area contributed by atoms with Crippen LogP contribution < -0.4 is 10.6 Å². The predicted octanol–water partition coefficient (Wildman–Crippen LogP) is 4.27. The average molecular weight is 280 g/mol. The predicted molar refractivity (Wildman–Crippen MR) is 88.1 cm³/mol. The van der Waals surface area contributed by atoms with Crippen LogP contribution in [0.15, 0.2) is 23.1 Å². The molecule has 0 spiro atoms. The van der Waals surface area contributed by atoms with Crippen molar-refractivity contribution >= 4 is 17.4 Å². The van der Waals surface area contributed by atoms with E-state index in [2.05, 4.69) is 50.1 Å². The van der Waals surface area contributed by atoms with Gasteiger partial charge in [-0.1, -0.05) is 26.3 Å². The zero-order valence-electron chi connectivity index (χ0n) is 12.8. The highest BCUT2D eigenvalue weighted by atomic mass is 32.2. The van der Waals surface area contributed by atoms with Gasteiger partial charge in [0, 0.05) is 35.3 Å². The maximum absolute atomic E-state index is 6.00. The number of thioether (sulfide) groups is 1. The van der Waals surface area contributed by atoms with E-state index in [0.29, 0.717) is 12.6 Å². The molecule has 2 N–H and O–H groups in total. The van der Waals surface area contributed by atoms with Crippen molar-refractivity contribution in [2.45, 2.75) is 57.5 Å². The van der Waals surface area contributed by atoms with E-state index in [9.17, 15) is 0 Å². The van der Waals surface area contributed by atoms with Crippen LogP contribution in [0.1, 0.15) is 45.6 Å². The summed E-state index contributed by atoms with van der Waals surface area (Å²) in [5.74, 6) is 0. The van der Waals surface area contributed by atoms with Gasteiger partial charge < -0.3 is 10.6 Å². The molecule has 0 bridgehead atoms. The van der Waals surface area contributed by atoms with Crippen LogP contribution in [0.5, 0.6) is 0 Å². The van der Waals surface area contributed by atoms with Gasteiger partial charge in [-0.25, -0.2) is 0 Å². The summed E-state index contributed by atoms with van der Waals surface area (Å²) in [7, 11) is 0. The van der Waals surface area contributed by atoms with E-state index < -0.39 is 0 Å². The molecule has 0 aliphatic rings. The number of hydrogen-bond acceptors (Lipinski definition) is 3. The molecule has 0 aliphatic heterocycles. The largest absolute Gasteiger partial charge is 0.369 e. The Morgan fingerprint density at radius 1 is 1.32 bits per heavy atom. The molecule has 1 aromatic rings. The normalized spacial score (nSPS) is 12.5. The third-order valence-corrected chi connectivity index (χ3v) is 4.54. The Morgan fingerprint density at radius 2 is 2.05 bits per heavy atom. The van der Waals surface area contributed by atoms with Gasteiger partial charge in [-0.3, -0.25) is 0 Å². The molecule has 0 saturated carbocycles. The number of unbranched alkanes of at least 4 members (excludes halogenated alkanes) is 1. The third kappa shape index (κ3) is 4.15.